The topological polar surface area (TPSA) is 83.6 Å². The first kappa shape index (κ1) is 10.5. The number of hydrogen-bond acceptors (Lipinski definition) is 4. The maximum Gasteiger partial charge on any atom is 0.151 e. The summed E-state index contributed by atoms with van der Waals surface area (Å²) in [7, 11) is 0. The van der Waals surface area contributed by atoms with Gasteiger partial charge in [0.1, 0.15) is 11.5 Å². The summed E-state index contributed by atoms with van der Waals surface area (Å²) in [6.07, 6.45) is 0. The van der Waals surface area contributed by atoms with Gasteiger partial charge < -0.3 is 15.9 Å². The highest BCUT2D eigenvalue weighted by Crippen LogP contribution is 2.33. The zero-order valence-electron chi connectivity index (χ0n) is 8.11. The number of phenolic OH excluding ortho intramolecular Hbond substituents is 2. The highest BCUT2D eigenvalue weighted by atomic mass is 16.3. The van der Waals surface area contributed by atoms with Gasteiger partial charge in [0, 0.05) is 0 Å². The van der Waals surface area contributed by atoms with E-state index in [0.29, 0.717) is 5.56 Å². The Bertz CT molecular complexity index is 351. The molecule has 1 unspecified atom stereocenters. The third-order valence-corrected chi connectivity index (χ3v) is 2.03. The second-order valence-electron chi connectivity index (χ2n) is 3.31. The van der Waals surface area contributed by atoms with Crippen molar-refractivity contribution in [2.75, 3.05) is 0 Å². The summed E-state index contributed by atoms with van der Waals surface area (Å²) < 4.78 is 0. The normalized spacial score (nSPS) is 12.5. The van der Waals surface area contributed by atoms with Gasteiger partial charge in [-0.1, -0.05) is 0 Å². The maximum absolute atomic E-state index is 11.0. The van der Waals surface area contributed by atoms with Crippen LogP contribution in [0.15, 0.2) is 12.1 Å². The SMILES string of the molecule is CC(=O)C(N)c1c(O)cc(C)cc1O. The van der Waals surface area contributed by atoms with Crippen LogP contribution in [0.4, 0.5) is 0 Å². The van der Waals surface area contributed by atoms with E-state index in [9.17, 15) is 15.0 Å². The Morgan fingerprint density at radius 3 is 2.14 bits per heavy atom. The predicted molar refractivity (Wildman–Crippen MR) is 52.1 cm³/mol. The van der Waals surface area contributed by atoms with Crippen molar-refractivity contribution in [1.82, 2.24) is 0 Å². The molecule has 76 valence electrons. The van der Waals surface area contributed by atoms with Crippen molar-refractivity contribution < 1.29 is 15.0 Å². The predicted octanol–water partition coefficient (Wildman–Crippen LogP) is 0.995. The molecule has 1 aromatic carbocycles. The van der Waals surface area contributed by atoms with Gasteiger partial charge in [-0.25, -0.2) is 0 Å². The molecule has 0 radical (unpaired) electrons. The zero-order chi connectivity index (χ0) is 10.9. The fourth-order valence-electron chi connectivity index (χ4n) is 1.28. The fourth-order valence-corrected chi connectivity index (χ4v) is 1.28. The van der Waals surface area contributed by atoms with E-state index in [0.717, 1.165) is 0 Å². The van der Waals surface area contributed by atoms with E-state index in [1.165, 1.54) is 19.1 Å². The van der Waals surface area contributed by atoms with Crippen LogP contribution in [0.1, 0.15) is 24.1 Å². The molecule has 0 saturated carbocycles. The van der Waals surface area contributed by atoms with E-state index in [-0.39, 0.29) is 22.8 Å². The van der Waals surface area contributed by atoms with Crippen LogP contribution in [-0.4, -0.2) is 16.0 Å². The van der Waals surface area contributed by atoms with Crippen molar-refractivity contribution in [3.8, 4) is 11.5 Å². The molecule has 0 bridgehead atoms. The number of aryl methyl sites for hydroxylation is 1. The molecular weight excluding hydrogens is 182 g/mol. The van der Waals surface area contributed by atoms with Crippen LogP contribution >= 0.6 is 0 Å². The van der Waals surface area contributed by atoms with Gasteiger partial charge >= 0.3 is 0 Å². The van der Waals surface area contributed by atoms with Crippen LogP contribution in [0.5, 0.6) is 11.5 Å². The molecule has 0 spiro atoms. The Hall–Kier alpha value is -1.55. The second-order valence-corrected chi connectivity index (χ2v) is 3.31. The highest BCUT2D eigenvalue weighted by molar-refractivity contribution is 5.84. The monoisotopic (exact) mass is 195 g/mol. The van der Waals surface area contributed by atoms with Crippen molar-refractivity contribution in [2.45, 2.75) is 19.9 Å². The van der Waals surface area contributed by atoms with Gasteiger partial charge in [0.15, 0.2) is 5.78 Å². The summed E-state index contributed by atoms with van der Waals surface area (Å²) in [5.74, 6) is -0.602. The minimum absolute atomic E-state index is 0.0862. The summed E-state index contributed by atoms with van der Waals surface area (Å²) in [6, 6.07) is 1.94. The lowest BCUT2D eigenvalue weighted by atomic mass is 10.0. The van der Waals surface area contributed by atoms with Crippen molar-refractivity contribution in [3.05, 3.63) is 23.3 Å². The number of nitrogens with two attached hydrogens (primary N) is 1. The number of phenols is 2. The van der Waals surface area contributed by atoms with Crippen LogP contribution in [0, 0.1) is 6.92 Å². The molecule has 0 saturated heterocycles. The lowest BCUT2D eigenvalue weighted by molar-refractivity contribution is -0.118. The zero-order valence-corrected chi connectivity index (χ0v) is 8.11. The van der Waals surface area contributed by atoms with E-state index in [4.69, 9.17) is 5.73 Å². The quantitative estimate of drug-likeness (QED) is 0.657. The summed E-state index contributed by atoms with van der Waals surface area (Å²) >= 11 is 0. The first-order valence-electron chi connectivity index (χ1n) is 4.22. The van der Waals surface area contributed by atoms with Gasteiger partial charge in [0.2, 0.25) is 0 Å². The number of ketones is 1. The molecule has 0 aromatic heterocycles. The van der Waals surface area contributed by atoms with Crippen LogP contribution in [-0.2, 0) is 4.79 Å². The number of hydrogen-bond donors (Lipinski definition) is 3. The van der Waals surface area contributed by atoms with Gasteiger partial charge in [-0.2, -0.15) is 0 Å². The molecule has 14 heavy (non-hydrogen) atoms. The highest BCUT2D eigenvalue weighted by Gasteiger charge is 2.19. The molecular formula is C10H13NO3. The number of benzene rings is 1. The Labute approximate surface area is 82.0 Å². The third kappa shape index (κ3) is 1.85. The average Bonchev–Trinajstić information content (AvgIpc) is 2.01. The lowest BCUT2D eigenvalue weighted by Gasteiger charge is -2.12. The Morgan fingerprint density at radius 1 is 1.36 bits per heavy atom. The largest absolute Gasteiger partial charge is 0.507 e. The van der Waals surface area contributed by atoms with Gasteiger partial charge in [0.05, 0.1) is 11.6 Å². The number of carbonyl (C=O) groups is 1. The number of aromatic hydroxyl groups is 2. The third-order valence-electron chi connectivity index (χ3n) is 2.03. The molecule has 0 aliphatic rings. The summed E-state index contributed by atoms with van der Waals surface area (Å²) in [5.41, 5.74) is 6.31. The summed E-state index contributed by atoms with van der Waals surface area (Å²) in [4.78, 5) is 11.0. The van der Waals surface area contributed by atoms with Gasteiger partial charge in [-0.15, -0.1) is 0 Å². The fraction of sp³-hybridized carbons (Fsp3) is 0.300. The van der Waals surface area contributed by atoms with E-state index in [1.54, 1.807) is 6.92 Å². The minimum atomic E-state index is -0.976. The van der Waals surface area contributed by atoms with E-state index < -0.39 is 6.04 Å². The standard InChI is InChI=1S/C10H13NO3/c1-5-3-7(13)9(8(14)4-5)10(11)6(2)12/h3-4,10,13-14H,11H2,1-2H3. The van der Waals surface area contributed by atoms with Gasteiger partial charge in [-0.05, 0) is 31.5 Å². The van der Waals surface area contributed by atoms with Crippen LogP contribution < -0.4 is 5.73 Å². The van der Waals surface area contributed by atoms with Crippen LogP contribution in [0.3, 0.4) is 0 Å². The van der Waals surface area contributed by atoms with Crippen molar-refractivity contribution >= 4 is 5.78 Å². The van der Waals surface area contributed by atoms with Crippen LogP contribution in [0.25, 0.3) is 0 Å². The molecule has 1 atom stereocenters. The number of carbonyl (C=O) groups excluding carboxylic acids is 1. The van der Waals surface area contributed by atoms with Crippen molar-refractivity contribution in [1.29, 1.82) is 0 Å². The molecule has 1 rings (SSSR count). The molecule has 0 fully saturated rings. The van der Waals surface area contributed by atoms with E-state index in [1.807, 2.05) is 0 Å². The van der Waals surface area contributed by atoms with Gasteiger partial charge in [-0.3, -0.25) is 4.79 Å². The first-order valence-corrected chi connectivity index (χ1v) is 4.22. The lowest BCUT2D eigenvalue weighted by Crippen LogP contribution is -2.18. The molecule has 4 nitrogen and oxygen atoms in total. The average molecular weight is 195 g/mol. The molecule has 0 aliphatic carbocycles. The Morgan fingerprint density at radius 2 is 1.79 bits per heavy atom. The molecule has 4 heteroatoms. The first-order chi connectivity index (χ1) is 6.43. The van der Waals surface area contributed by atoms with Crippen molar-refractivity contribution in [2.24, 2.45) is 5.73 Å². The summed E-state index contributed by atoms with van der Waals surface area (Å²) in [5, 5.41) is 19.0. The molecule has 0 amide bonds. The molecule has 4 N–H and O–H groups in total. The minimum Gasteiger partial charge on any atom is -0.507 e. The number of Topliss-reactive ketones (excluding diaryl/α,β-unsaturated/α-hetero) is 1. The van der Waals surface area contributed by atoms with E-state index in [2.05, 4.69) is 0 Å². The smallest absolute Gasteiger partial charge is 0.151 e. The van der Waals surface area contributed by atoms with E-state index >= 15 is 0 Å². The maximum atomic E-state index is 11.0. The molecule has 0 aliphatic heterocycles. The number of rotatable bonds is 2. The molecule has 0 heterocycles. The molecule has 1 aromatic rings. The van der Waals surface area contributed by atoms with Crippen molar-refractivity contribution in [3.63, 3.8) is 0 Å². The Balaban J connectivity index is 3.27. The summed E-state index contributed by atoms with van der Waals surface area (Å²) in [6.45, 7) is 3.03. The van der Waals surface area contributed by atoms with Gasteiger partial charge in [0.25, 0.3) is 0 Å². The second kappa shape index (κ2) is 3.67. The Kier molecular flexibility index (Phi) is 2.76. The van der Waals surface area contributed by atoms with Crippen LogP contribution in [0.2, 0.25) is 0 Å².